The molecule has 0 spiro atoms. The molecule has 0 radical (unpaired) electrons. The number of benzene rings is 6. The van der Waals surface area contributed by atoms with E-state index in [2.05, 4.69) is 0 Å². The highest BCUT2D eigenvalue weighted by atomic mass is 16.5. The van der Waals surface area contributed by atoms with Crippen LogP contribution >= 0.6 is 0 Å². The number of para-hydroxylation sites is 3. The van der Waals surface area contributed by atoms with Gasteiger partial charge in [-0.05, 0) is 78.2 Å². The number of carboxylic acids is 1. The number of hydrogen-bond donors (Lipinski definition) is 4. The number of ether oxygens (including phenoxy) is 2. The van der Waals surface area contributed by atoms with Gasteiger partial charge in [0, 0.05) is 19.3 Å². The van der Waals surface area contributed by atoms with Crippen molar-refractivity contribution in [3.05, 3.63) is 227 Å². The minimum absolute atomic E-state index is 0.0124. The molecule has 348 valence electrons. The van der Waals surface area contributed by atoms with Crippen LogP contribution in [0, 0.1) is 0 Å². The van der Waals surface area contributed by atoms with Gasteiger partial charge in [-0.25, -0.2) is 28.8 Å². The lowest BCUT2D eigenvalue weighted by molar-refractivity contribution is 0.0523. The maximum atomic E-state index is 12.2. The molecule has 9 rings (SSSR count). The van der Waals surface area contributed by atoms with Crippen LogP contribution in [0.5, 0.6) is 17.2 Å². The molecule has 6 aromatic carbocycles. The van der Waals surface area contributed by atoms with Crippen LogP contribution < -0.4 is 16.9 Å². The zero-order valence-electron chi connectivity index (χ0n) is 37.0. The standard InChI is InChI=1S/C19H16O5.C18H14O5.C17H12O5/c1-2-23-18(21)13-8-4-3-7-12(13)11-15-17(20)14-9-5-6-10-16(14)24-19(15)22;1-22-17(20)12-7-3-2-6-11(12)10-14-16(19)13-8-4-5-9-15(13)23-18(14)21;18-15-12-7-3-4-8-14(12)22-17(21)13(15)9-10-5-1-2-6-11(10)16(19)20/h3-10,20H,2,11H2,1H3;2-9,19H,10H2,1H3;1-8,18H,9H2,(H,19,20). The molecule has 69 heavy (non-hydrogen) atoms. The highest BCUT2D eigenvalue weighted by Crippen LogP contribution is 2.31. The highest BCUT2D eigenvalue weighted by Gasteiger charge is 2.21. The number of aromatic hydroxyl groups is 3. The molecule has 9 aromatic rings. The van der Waals surface area contributed by atoms with E-state index < -0.39 is 34.8 Å². The van der Waals surface area contributed by atoms with Crippen LogP contribution in [0.3, 0.4) is 0 Å². The average Bonchev–Trinajstić information content (AvgIpc) is 3.36. The second kappa shape index (κ2) is 21.4. The SMILES string of the molecule is CCOC(=O)c1ccccc1Cc1c(O)c2ccccc2oc1=O.COC(=O)c1ccccc1Cc1c(O)c2ccccc2oc1=O.O=C(O)c1ccccc1Cc1c(O)c2ccccc2oc1=O. The molecule has 15 heteroatoms. The number of carbonyl (C=O) groups excluding carboxylic acids is 2. The van der Waals surface area contributed by atoms with E-state index in [1.165, 1.54) is 13.2 Å². The molecule has 0 aliphatic heterocycles. The first-order valence-electron chi connectivity index (χ1n) is 21.2. The van der Waals surface area contributed by atoms with Gasteiger partial charge in [0.2, 0.25) is 0 Å². The number of aromatic carboxylic acids is 1. The molecule has 0 atom stereocenters. The Morgan fingerprint density at radius 2 is 0.754 bits per heavy atom. The Kier molecular flexibility index (Phi) is 14.8. The summed E-state index contributed by atoms with van der Waals surface area (Å²) < 4.78 is 25.5. The summed E-state index contributed by atoms with van der Waals surface area (Å²) >= 11 is 0. The van der Waals surface area contributed by atoms with Crippen molar-refractivity contribution in [3.63, 3.8) is 0 Å². The summed E-state index contributed by atoms with van der Waals surface area (Å²) in [5.74, 6) is -2.47. The summed E-state index contributed by atoms with van der Waals surface area (Å²) in [5, 5.41) is 41.7. The lowest BCUT2D eigenvalue weighted by Gasteiger charge is -2.10. The van der Waals surface area contributed by atoms with Crippen molar-refractivity contribution in [1.82, 2.24) is 0 Å². The van der Waals surface area contributed by atoms with Gasteiger partial charge in [0.25, 0.3) is 0 Å². The number of carboxylic acid groups (broad SMARTS) is 1. The Bertz CT molecular complexity index is 3560. The number of carbonyl (C=O) groups is 3. The quantitative estimate of drug-likeness (QED) is 0.0739. The van der Waals surface area contributed by atoms with E-state index in [-0.39, 0.29) is 65.4 Å². The number of esters is 2. The Morgan fingerprint density at radius 3 is 1.10 bits per heavy atom. The molecule has 3 aromatic heterocycles. The van der Waals surface area contributed by atoms with E-state index in [1.807, 2.05) is 0 Å². The molecular formula is C54H42O15. The van der Waals surface area contributed by atoms with Crippen molar-refractivity contribution < 1.29 is 57.5 Å². The number of hydrogen-bond acceptors (Lipinski definition) is 14. The largest absolute Gasteiger partial charge is 0.507 e. The summed E-state index contributed by atoms with van der Waals surface area (Å²) in [6, 6.07) is 40.1. The Labute approximate surface area is 391 Å². The van der Waals surface area contributed by atoms with Gasteiger partial charge in [0.15, 0.2) is 0 Å². The summed E-state index contributed by atoms with van der Waals surface area (Å²) in [5.41, 5.74) is 1.71. The van der Waals surface area contributed by atoms with Gasteiger partial charge in [-0.15, -0.1) is 0 Å². The van der Waals surface area contributed by atoms with Crippen molar-refractivity contribution in [2.24, 2.45) is 0 Å². The molecule has 0 saturated carbocycles. The van der Waals surface area contributed by atoms with Crippen molar-refractivity contribution in [3.8, 4) is 17.2 Å². The molecule has 4 N–H and O–H groups in total. The fourth-order valence-electron chi connectivity index (χ4n) is 7.50. The smallest absolute Gasteiger partial charge is 0.343 e. The lowest BCUT2D eigenvalue weighted by Crippen LogP contribution is -2.12. The zero-order valence-corrected chi connectivity index (χ0v) is 37.0. The van der Waals surface area contributed by atoms with Gasteiger partial charge in [-0.3, -0.25) is 0 Å². The monoisotopic (exact) mass is 930 g/mol. The minimum atomic E-state index is -1.08. The molecule has 3 heterocycles. The third kappa shape index (κ3) is 10.6. The fourth-order valence-corrected chi connectivity index (χ4v) is 7.50. The van der Waals surface area contributed by atoms with Crippen LogP contribution in [-0.2, 0) is 28.7 Å². The Hall–Kier alpha value is -9.24. The summed E-state index contributed by atoms with van der Waals surface area (Å²) in [6.45, 7) is 1.99. The molecule has 0 aliphatic rings. The molecule has 0 aliphatic carbocycles. The number of fused-ring (bicyclic) bond motifs is 3. The maximum absolute atomic E-state index is 12.2. The first-order chi connectivity index (χ1) is 33.3. The van der Waals surface area contributed by atoms with E-state index in [4.69, 9.17) is 22.7 Å². The summed E-state index contributed by atoms with van der Waals surface area (Å²) in [6.07, 6.45) is 0.139. The van der Waals surface area contributed by atoms with E-state index in [1.54, 1.807) is 146 Å². The Morgan fingerprint density at radius 1 is 0.449 bits per heavy atom. The zero-order chi connectivity index (χ0) is 49.2. The predicted octanol–water partition coefficient (Wildman–Crippen LogP) is 8.93. The van der Waals surface area contributed by atoms with Crippen LogP contribution in [0.2, 0.25) is 0 Å². The normalized spacial score (nSPS) is 10.7. The van der Waals surface area contributed by atoms with E-state index >= 15 is 0 Å². The second-order valence-electron chi connectivity index (χ2n) is 15.2. The first-order valence-corrected chi connectivity index (χ1v) is 21.2. The summed E-state index contributed by atoms with van der Waals surface area (Å²) in [7, 11) is 1.29. The summed E-state index contributed by atoms with van der Waals surface area (Å²) in [4.78, 5) is 71.6. The van der Waals surface area contributed by atoms with Crippen molar-refractivity contribution >= 4 is 50.8 Å². The average molecular weight is 931 g/mol. The second-order valence-corrected chi connectivity index (χ2v) is 15.2. The Balaban J connectivity index is 0.000000153. The lowest BCUT2D eigenvalue weighted by atomic mass is 9.99. The molecular weight excluding hydrogens is 889 g/mol. The van der Waals surface area contributed by atoms with E-state index in [0.29, 0.717) is 60.7 Å². The van der Waals surface area contributed by atoms with Gasteiger partial charge < -0.3 is 43.2 Å². The minimum Gasteiger partial charge on any atom is -0.507 e. The molecule has 15 nitrogen and oxygen atoms in total. The third-order valence-electron chi connectivity index (χ3n) is 10.9. The van der Waals surface area contributed by atoms with Crippen molar-refractivity contribution in [2.45, 2.75) is 26.2 Å². The van der Waals surface area contributed by atoms with Crippen LogP contribution in [-0.4, -0.2) is 52.1 Å². The van der Waals surface area contributed by atoms with Gasteiger partial charge in [0.05, 0.1) is 63.3 Å². The molecule has 0 unspecified atom stereocenters. The first kappa shape index (κ1) is 47.7. The predicted molar refractivity (Wildman–Crippen MR) is 254 cm³/mol. The van der Waals surface area contributed by atoms with Gasteiger partial charge in [-0.1, -0.05) is 91.0 Å². The van der Waals surface area contributed by atoms with Gasteiger partial charge in [-0.2, -0.15) is 0 Å². The van der Waals surface area contributed by atoms with E-state index in [9.17, 15) is 49.2 Å². The van der Waals surface area contributed by atoms with Gasteiger partial charge >= 0.3 is 34.8 Å². The van der Waals surface area contributed by atoms with Crippen LogP contribution in [0.15, 0.2) is 173 Å². The van der Waals surface area contributed by atoms with Gasteiger partial charge in [0.1, 0.15) is 34.0 Å². The number of methoxy groups -OCH3 is 1. The highest BCUT2D eigenvalue weighted by molar-refractivity contribution is 5.93. The van der Waals surface area contributed by atoms with E-state index in [0.717, 1.165) is 0 Å². The third-order valence-corrected chi connectivity index (χ3v) is 10.9. The maximum Gasteiger partial charge on any atom is 0.343 e. The topological polar surface area (TPSA) is 241 Å². The van der Waals surface area contributed by atoms with Crippen LogP contribution in [0.1, 0.15) is 71.4 Å². The van der Waals surface area contributed by atoms with Crippen molar-refractivity contribution in [2.75, 3.05) is 13.7 Å². The van der Waals surface area contributed by atoms with Crippen LogP contribution in [0.25, 0.3) is 32.9 Å². The number of rotatable bonds is 10. The molecule has 0 amide bonds. The molecule has 0 bridgehead atoms. The van der Waals surface area contributed by atoms with Crippen LogP contribution in [0.4, 0.5) is 0 Å². The molecule has 0 saturated heterocycles. The fraction of sp³-hybridized carbons (Fsp3) is 0.111. The molecule has 0 fully saturated rings. The van der Waals surface area contributed by atoms with Crippen molar-refractivity contribution in [1.29, 1.82) is 0 Å².